The van der Waals surface area contributed by atoms with Crippen LogP contribution in [-0.2, 0) is 0 Å². The van der Waals surface area contributed by atoms with Gasteiger partial charge in [-0.25, -0.2) is 0 Å². The molecular formula is C36H25NO. The molecule has 0 atom stereocenters. The molecule has 0 aliphatic rings. The Morgan fingerprint density at radius 1 is 0.342 bits per heavy atom. The summed E-state index contributed by atoms with van der Waals surface area (Å²) in [7, 11) is 0. The minimum absolute atomic E-state index is 0.923. The second-order valence-corrected chi connectivity index (χ2v) is 9.44. The van der Waals surface area contributed by atoms with Gasteiger partial charge in [0.05, 0.1) is 0 Å². The monoisotopic (exact) mass is 487 g/mol. The van der Waals surface area contributed by atoms with Crippen LogP contribution in [0, 0.1) is 0 Å². The normalized spacial score (nSPS) is 11.2. The van der Waals surface area contributed by atoms with Gasteiger partial charge in [-0.1, -0.05) is 97.1 Å². The van der Waals surface area contributed by atoms with Crippen LogP contribution >= 0.6 is 0 Å². The summed E-state index contributed by atoms with van der Waals surface area (Å²) in [5, 5.41) is 2.31. The van der Waals surface area contributed by atoms with Crippen LogP contribution in [0.2, 0.25) is 0 Å². The van der Waals surface area contributed by atoms with Crippen LogP contribution in [-0.4, -0.2) is 0 Å². The molecule has 2 heteroatoms. The van der Waals surface area contributed by atoms with Gasteiger partial charge in [0.1, 0.15) is 11.2 Å². The second-order valence-electron chi connectivity index (χ2n) is 9.44. The molecule has 1 heterocycles. The minimum Gasteiger partial charge on any atom is -0.456 e. The fraction of sp³-hybridized carbons (Fsp3) is 0. The molecule has 0 bridgehead atoms. The Hall–Kier alpha value is -5.08. The van der Waals surface area contributed by atoms with Gasteiger partial charge < -0.3 is 9.32 Å². The summed E-state index contributed by atoms with van der Waals surface area (Å²) in [6.45, 7) is 0. The van der Waals surface area contributed by atoms with Crippen LogP contribution in [0.1, 0.15) is 0 Å². The predicted molar refractivity (Wildman–Crippen MR) is 159 cm³/mol. The lowest BCUT2D eigenvalue weighted by Gasteiger charge is -2.25. The van der Waals surface area contributed by atoms with E-state index in [0.29, 0.717) is 0 Å². The zero-order valence-corrected chi connectivity index (χ0v) is 20.8. The zero-order valence-electron chi connectivity index (χ0n) is 20.8. The quantitative estimate of drug-likeness (QED) is 0.240. The van der Waals surface area contributed by atoms with Gasteiger partial charge in [0.25, 0.3) is 0 Å². The van der Waals surface area contributed by atoms with Gasteiger partial charge in [0.15, 0.2) is 0 Å². The van der Waals surface area contributed by atoms with Gasteiger partial charge in [-0.2, -0.15) is 0 Å². The van der Waals surface area contributed by atoms with Crippen molar-refractivity contribution in [1.82, 2.24) is 0 Å². The Kier molecular flexibility index (Phi) is 5.49. The Labute approximate surface area is 222 Å². The number of hydrogen-bond donors (Lipinski definition) is 0. The van der Waals surface area contributed by atoms with Crippen molar-refractivity contribution in [3.8, 4) is 22.3 Å². The highest BCUT2D eigenvalue weighted by Gasteiger charge is 2.12. The van der Waals surface area contributed by atoms with Crippen molar-refractivity contribution in [2.24, 2.45) is 0 Å². The first-order chi connectivity index (χ1) is 18.8. The summed E-state index contributed by atoms with van der Waals surface area (Å²) >= 11 is 0. The second kappa shape index (κ2) is 9.42. The third-order valence-electron chi connectivity index (χ3n) is 7.08. The SMILES string of the molecule is c1ccc(N(c2ccccc2)c2ccc(-c3ccc(-c4ccc5oc6ccccc6c5c4)cc3)cc2)cc1. The van der Waals surface area contributed by atoms with Gasteiger partial charge in [-0.3, -0.25) is 0 Å². The number of benzene rings is 6. The molecule has 0 aliphatic heterocycles. The van der Waals surface area contributed by atoms with Gasteiger partial charge in [-0.05, 0) is 76.9 Å². The standard InChI is InChI=1S/C36H25NO/c1-3-9-30(10-4-1)37(31-11-5-2-6-12-31)32-22-19-27(20-23-32)26-15-17-28(18-16-26)29-21-24-36-34(25-29)33-13-7-8-14-35(33)38-36/h1-25H. The molecule has 38 heavy (non-hydrogen) atoms. The van der Waals surface area contributed by atoms with Crippen molar-refractivity contribution >= 4 is 39.0 Å². The molecule has 0 saturated heterocycles. The van der Waals surface area contributed by atoms with Crippen molar-refractivity contribution in [3.63, 3.8) is 0 Å². The van der Waals surface area contributed by atoms with Crippen molar-refractivity contribution in [2.75, 3.05) is 4.90 Å². The van der Waals surface area contributed by atoms with Crippen LogP contribution in [0.15, 0.2) is 156 Å². The predicted octanol–water partition coefficient (Wildman–Crippen LogP) is 10.4. The van der Waals surface area contributed by atoms with Gasteiger partial charge in [0.2, 0.25) is 0 Å². The number of furan rings is 1. The molecule has 7 rings (SSSR count). The largest absolute Gasteiger partial charge is 0.456 e. The molecule has 0 aliphatic carbocycles. The summed E-state index contributed by atoms with van der Waals surface area (Å²) in [4.78, 5) is 2.28. The summed E-state index contributed by atoms with van der Waals surface area (Å²) < 4.78 is 6.00. The molecule has 0 saturated carbocycles. The molecule has 2 nitrogen and oxygen atoms in total. The number of anilines is 3. The van der Waals surface area contributed by atoms with Gasteiger partial charge >= 0.3 is 0 Å². The van der Waals surface area contributed by atoms with Gasteiger partial charge in [-0.15, -0.1) is 0 Å². The molecule has 0 spiro atoms. The fourth-order valence-electron chi connectivity index (χ4n) is 5.17. The molecule has 0 N–H and O–H groups in total. The summed E-state index contributed by atoms with van der Waals surface area (Å²) in [5.74, 6) is 0. The zero-order chi connectivity index (χ0) is 25.3. The fourth-order valence-corrected chi connectivity index (χ4v) is 5.17. The molecule has 0 fully saturated rings. The average Bonchev–Trinajstić information content (AvgIpc) is 3.37. The Bertz CT molecular complexity index is 1790. The lowest BCUT2D eigenvalue weighted by molar-refractivity contribution is 0.669. The molecule has 1 aromatic heterocycles. The van der Waals surface area contributed by atoms with Gasteiger partial charge in [0, 0.05) is 27.8 Å². The van der Waals surface area contributed by atoms with E-state index in [1.165, 1.54) is 22.3 Å². The van der Waals surface area contributed by atoms with E-state index in [1.54, 1.807) is 0 Å². The van der Waals surface area contributed by atoms with Crippen LogP contribution in [0.5, 0.6) is 0 Å². The average molecular weight is 488 g/mol. The maximum atomic E-state index is 6.00. The van der Waals surface area contributed by atoms with Crippen LogP contribution in [0.25, 0.3) is 44.2 Å². The Balaban J connectivity index is 1.19. The number of para-hydroxylation sites is 3. The highest BCUT2D eigenvalue weighted by atomic mass is 16.3. The van der Waals surface area contributed by atoms with Crippen molar-refractivity contribution in [1.29, 1.82) is 0 Å². The molecule has 0 radical (unpaired) electrons. The Morgan fingerprint density at radius 3 is 1.42 bits per heavy atom. The van der Waals surface area contributed by atoms with Crippen LogP contribution in [0.3, 0.4) is 0 Å². The van der Waals surface area contributed by atoms with E-state index in [0.717, 1.165) is 39.0 Å². The highest BCUT2D eigenvalue weighted by molar-refractivity contribution is 6.06. The summed E-state index contributed by atoms with van der Waals surface area (Å²) in [6, 6.07) is 53.2. The van der Waals surface area contributed by atoms with E-state index in [9.17, 15) is 0 Å². The third kappa shape index (κ3) is 4.03. The van der Waals surface area contributed by atoms with E-state index in [2.05, 4.69) is 144 Å². The summed E-state index contributed by atoms with van der Waals surface area (Å²) in [5.41, 5.74) is 10.0. The highest BCUT2D eigenvalue weighted by Crippen LogP contribution is 2.36. The van der Waals surface area contributed by atoms with Crippen molar-refractivity contribution in [3.05, 3.63) is 152 Å². The van der Waals surface area contributed by atoms with Crippen molar-refractivity contribution < 1.29 is 4.42 Å². The number of hydrogen-bond acceptors (Lipinski definition) is 2. The topological polar surface area (TPSA) is 16.4 Å². The summed E-state index contributed by atoms with van der Waals surface area (Å²) in [6.07, 6.45) is 0. The minimum atomic E-state index is 0.923. The van der Waals surface area contributed by atoms with E-state index in [4.69, 9.17) is 4.42 Å². The lowest BCUT2D eigenvalue weighted by atomic mass is 9.99. The number of nitrogens with zero attached hydrogens (tertiary/aromatic N) is 1. The first-order valence-electron chi connectivity index (χ1n) is 12.9. The van der Waals surface area contributed by atoms with Crippen LogP contribution in [0.4, 0.5) is 17.1 Å². The smallest absolute Gasteiger partial charge is 0.135 e. The first kappa shape index (κ1) is 22.1. The van der Waals surface area contributed by atoms with Crippen LogP contribution < -0.4 is 4.90 Å². The van der Waals surface area contributed by atoms with E-state index < -0.39 is 0 Å². The molecule has 6 aromatic carbocycles. The van der Waals surface area contributed by atoms with E-state index >= 15 is 0 Å². The number of rotatable bonds is 5. The molecule has 180 valence electrons. The first-order valence-corrected chi connectivity index (χ1v) is 12.9. The lowest BCUT2D eigenvalue weighted by Crippen LogP contribution is -2.09. The molecule has 0 unspecified atom stereocenters. The van der Waals surface area contributed by atoms with E-state index in [-0.39, 0.29) is 0 Å². The number of fused-ring (bicyclic) bond motifs is 3. The Morgan fingerprint density at radius 2 is 0.789 bits per heavy atom. The molecule has 7 aromatic rings. The van der Waals surface area contributed by atoms with E-state index in [1.807, 2.05) is 12.1 Å². The molecule has 0 amide bonds. The maximum Gasteiger partial charge on any atom is 0.135 e. The molecular weight excluding hydrogens is 462 g/mol. The maximum absolute atomic E-state index is 6.00. The third-order valence-corrected chi connectivity index (χ3v) is 7.08. The van der Waals surface area contributed by atoms with Crippen molar-refractivity contribution in [2.45, 2.75) is 0 Å².